The molecule has 22 heavy (non-hydrogen) atoms. The molecule has 3 rings (SSSR count). The maximum atomic E-state index is 9.27. The van der Waals surface area contributed by atoms with Crippen molar-refractivity contribution in [2.75, 3.05) is 12.4 Å². The highest BCUT2D eigenvalue weighted by Gasteiger charge is 2.19. The van der Waals surface area contributed by atoms with Crippen LogP contribution in [0.5, 0.6) is 11.5 Å². The van der Waals surface area contributed by atoms with E-state index in [2.05, 4.69) is 15.5 Å². The van der Waals surface area contributed by atoms with E-state index in [9.17, 15) is 5.11 Å². The van der Waals surface area contributed by atoms with Crippen LogP contribution in [0.4, 0.5) is 11.5 Å². The molecule has 0 amide bonds. The molecule has 0 bridgehead atoms. The van der Waals surface area contributed by atoms with Gasteiger partial charge in [0.1, 0.15) is 0 Å². The number of aromatic nitrogens is 2. The fourth-order valence-electron chi connectivity index (χ4n) is 2.71. The highest BCUT2D eigenvalue weighted by atomic mass is 16.5. The van der Waals surface area contributed by atoms with Crippen molar-refractivity contribution in [1.29, 1.82) is 0 Å². The number of anilines is 2. The van der Waals surface area contributed by atoms with Gasteiger partial charge in [-0.1, -0.05) is 0 Å². The zero-order valence-corrected chi connectivity index (χ0v) is 12.6. The van der Waals surface area contributed by atoms with Crippen molar-refractivity contribution in [3.05, 3.63) is 30.0 Å². The Morgan fingerprint density at radius 1 is 1.32 bits per heavy atom. The standard InChI is InChI=1S/C16H21N3O3/c1-21-14-7-6-12(18-16-11(10-20)9-17-19-16)8-15(14)22-13-4-2-3-5-13/h6-9,13,20H,2-5,10H2,1H3,(H2,17,18,19). The Hall–Kier alpha value is -2.21. The minimum Gasteiger partial charge on any atom is -0.493 e. The average Bonchev–Trinajstić information content (AvgIpc) is 3.19. The van der Waals surface area contributed by atoms with Gasteiger partial charge in [0, 0.05) is 23.5 Å². The molecule has 1 aromatic carbocycles. The molecule has 6 nitrogen and oxygen atoms in total. The third-order valence-electron chi connectivity index (χ3n) is 3.91. The van der Waals surface area contributed by atoms with Gasteiger partial charge in [0.05, 0.1) is 19.8 Å². The van der Waals surface area contributed by atoms with Crippen LogP contribution in [-0.4, -0.2) is 28.5 Å². The van der Waals surface area contributed by atoms with Crippen LogP contribution >= 0.6 is 0 Å². The number of aliphatic hydroxyl groups is 1. The van der Waals surface area contributed by atoms with Gasteiger partial charge in [0.2, 0.25) is 0 Å². The first-order valence-electron chi connectivity index (χ1n) is 7.55. The molecule has 0 atom stereocenters. The number of rotatable bonds is 6. The van der Waals surface area contributed by atoms with E-state index in [0.717, 1.165) is 30.0 Å². The van der Waals surface area contributed by atoms with Gasteiger partial charge in [-0.3, -0.25) is 5.10 Å². The monoisotopic (exact) mass is 303 g/mol. The van der Waals surface area contributed by atoms with E-state index in [1.54, 1.807) is 13.3 Å². The molecule has 1 aromatic heterocycles. The molecule has 6 heteroatoms. The van der Waals surface area contributed by atoms with E-state index < -0.39 is 0 Å². The van der Waals surface area contributed by atoms with Crippen LogP contribution in [-0.2, 0) is 6.61 Å². The van der Waals surface area contributed by atoms with Crippen molar-refractivity contribution < 1.29 is 14.6 Å². The van der Waals surface area contributed by atoms with Gasteiger partial charge in [0.25, 0.3) is 0 Å². The molecule has 0 saturated heterocycles. The van der Waals surface area contributed by atoms with Crippen LogP contribution in [0.25, 0.3) is 0 Å². The molecule has 0 spiro atoms. The molecule has 1 aliphatic carbocycles. The minimum atomic E-state index is -0.0690. The SMILES string of the molecule is COc1ccc(Nc2n[nH]cc2CO)cc1OC1CCCC1. The summed E-state index contributed by atoms with van der Waals surface area (Å²) >= 11 is 0. The zero-order valence-electron chi connectivity index (χ0n) is 12.6. The van der Waals surface area contributed by atoms with Crippen molar-refractivity contribution in [2.24, 2.45) is 0 Å². The Bertz CT molecular complexity index is 621. The molecule has 1 aliphatic rings. The molecular weight excluding hydrogens is 282 g/mol. The van der Waals surface area contributed by atoms with Gasteiger partial charge in [-0.25, -0.2) is 0 Å². The Morgan fingerprint density at radius 3 is 2.86 bits per heavy atom. The number of hydrogen-bond acceptors (Lipinski definition) is 5. The summed E-state index contributed by atoms with van der Waals surface area (Å²) in [5, 5.41) is 19.3. The van der Waals surface area contributed by atoms with Crippen LogP contribution in [0, 0.1) is 0 Å². The Labute approximate surface area is 129 Å². The van der Waals surface area contributed by atoms with Crippen LogP contribution < -0.4 is 14.8 Å². The summed E-state index contributed by atoms with van der Waals surface area (Å²) in [7, 11) is 1.64. The Morgan fingerprint density at radius 2 is 2.14 bits per heavy atom. The third kappa shape index (κ3) is 3.17. The van der Waals surface area contributed by atoms with E-state index >= 15 is 0 Å². The summed E-state index contributed by atoms with van der Waals surface area (Å²) in [6.07, 6.45) is 6.56. The number of aromatic amines is 1. The summed E-state index contributed by atoms with van der Waals surface area (Å²) < 4.78 is 11.4. The second-order valence-electron chi connectivity index (χ2n) is 5.43. The highest BCUT2D eigenvalue weighted by molar-refractivity contribution is 5.63. The first-order valence-corrected chi connectivity index (χ1v) is 7.55. The third-order valence-corrected chi connectivity index (χ3v) is 3.91. The minimum absolute atomic E-state index is 0.0690. The zero-order chi connectivity index (χ0) is 15.4. The van der Waals surface area contributed by atoms with Gasteiger partial charge >= 0.3 is 0 Å². The number of hydrogen-bond donors (Lipinski definition) is 3. The predicted octanol–water partition coefficient (Wildman–Crippen LogP) is 2.98. The van der Waals surface area contributed by atoms with Gasteiger partial charge < -0.3 is 19.9 Å². The smallest absolute Gasteiger partial charge is 0.163 e. The average molecular weight is 303 g/mol. The van der Waals surface area contributed by atoms with Crippen LogP contribution in [0.3, 0.4) is 0 Å². The van der Waals surface area contributed by atoms with Crippen LogP contribution in [0.1, 0.15) is 31.2 Å². The second kappa shape index (κ2) is 6.70. The lowest BCUT2D eigenvalue weighted by Gasteiger charge is -2.17. The molecule has 2 aromatic rings. The summed E-state index contributed by atoms with van der Waals surface area (Å²) in [5.41, 5.74) is 1.56. The predicted molar refractivity (Wildman–Crippen MR) is 83.7 cm³/mol. The summed E-state index contributed by atoms with van der Waals surface area (Å²) in [4.78, 5) is 0. The number of nitrogens with one attached hydrogen (secondary N) is 2. The van der Waals surface area contributed by atoms with E-state index in [1.165, 1.54) is 12.8 Å². The molecule has 118 valence electrons. The number of methoxy groups -OCH3 is 1. The van der Waals surface area contributed by atoms with Crippen molar-refractivity contribution in [2.45, 2.75) is 38.4 Å². The maximum Gasteiger partial charge on any atom is 0.163 e. The van der Waals surface area contributed by atoms with Crippen LogP contribution in [0.15, 0.2) is 24.4 Å². The highest BCUT2D eigenvalue weighted by Crippen LogP contribution is 2.34. The number of benzene rings is 1. The quantitative estimate of drug-likeness (QED) is 0.764. The van der Waals surface area contributed by atoms with Crippen molar-refractivity contribution >= 4 is 11.5 Å². The van der Waals surface area contributed by atoms with E-state index in [0.29, 0.717) is 11.4 Å². The molecular formula is C16H21N3O3. The van der Waals surface area contributed by atoms with Crippen molar-refractivity contribution in [3.63, 3.8) is 0 Å². The molecule has 0 unspecified atom stereocenters. The van der Waals surface area contributed by atoms with Crippen molar-refractivity contribution in [1.82, 2.24) is 10.2 Å². The van der Waals surface area contributed by atoms with E-state index in [-0.39, 0.29) is 12.7 Å². The maximum absolute atomic E-state index is 9.27. The molecule has 1 fully saturated rings. The first kappa shape index (κ1) is 14.7. The Balaban J connectivity index is 1.79. The number of H-pyrrole nitrogens is 1. The molecule has 0 radical (unpaired) electrons. The molecule has 1 heterocycles. The fraction of sp³-hybridized carbons (Fsp3) is 0.438. The second-order valence-corrected chi connectivity index (χ2v) is 5.43. The van der Waals surface area contributed by atoms with Gasteiger partial charge in [0.15, 0.2) is 17.3 Å². The number of aliphatic hydroxyl groups excluding tert-OH is 1. The molecule has 0 aliphatic heterocycles. The summed E-state index contributed by atoms with van der Waals surface area (Å²) in [6, 6.07) is 5.68. The largest absolute Gasteiger partial charge is 0.493 e. The normalized spacial score (nSPS) is 15.0. The van der Waals surface area contributed by atoms with E-state index in [4.69, 9.17) is 9.47 Å². The lowest BCUT2D eigenvalue weighted by molar-refractivity contribution is 0.201. The van der Waals surface area contributed by atoms with Crippen LogP contribution in [0.2, 0.25) is 0 Å². The fourth-order valence-corrected chi connectivity index (χ4v) is 2.71. The van der Waals surface area contributed by atoms with Gasteiger partial charge in [-0.05, 0) is 37.8 Å². The van der Waals surface area contributed by atoms with Gasteiger partial charge in [-0.15, -0.1) is 0 Å². The van der Waals surface area contributed by atoms with Gasteiger partial charge in [-0.2, -0.15) is 5.10 Å². The first-order chi connectivity index (χ1) is 10.8. The lowest BCUT2D eigenvalue weighted by Crippen LogP contribution is -2.11. The molecule has 3 N–H and O–H groups in total. The summed E-state index contributed by atoms with van der Waals surface area (Å²) in [6.45, 7) is -0.0690. The van der Waals surface area contributed by atoms with Crippen molar-refractivity contribution in [3.8, 4) is 11.5 Å². The van der Waals surface area contributed by atoms with E-state index in [1.807, 2.05) is 18.2 Å². The summed E-state index contributed by atoms with van der Waals surface area (Å²) in [5.74, 6) is 2.07. The number of nitrogens with zero attached hydrogens (tertiary/aromatic N) is 1. The number of ether oxygens (including phenoxy) is 2. The lowest BCUT2D eigenvalue weighted by atomic mass is 10.2. The molecule has 1 saturated carbocycles. The Kier molecular flexibility index (Phi) is 4.48. The topological polar surface area (TPSA) is 79.4 Å².